The van der Waals surface area contributed by atoms with Crippen LogP contribution in [0.5, 0.6) is 0 Å². The second kappa shape index (κ2) is 4.86. The van der Waals surface area contributed by atoms with Crippen LogP contribution in [0.3, 0.4) is 0 Å². The van der Waals surface area contributed by atoms with Crippen LogP contribution in [-0.4, -0.2) is 15.7 Å². The zero-order valence-electron chi connectivity index (χ0n) is 7.69. The van der Waals surface area contributed by atoms with E-state index in [1.54, 1.807) is 11.3 Å². The van der Waals surface area contributed by atoms with Gasteiger partial charge in [-0.05, 0) is 52.2 Å². The summed E-state index contributed by atoms with van der Waals surface area (Å²) >= 11 is 7.67. The molecule has 1 aliphatic heterocycles. The number of thiophene rings is 1. The number of carbonyl (C=O) groups excluding carboxylic acids is 1. The maximum atomic E-state index is 11.5. The van der Waals surface area contributed by atoms with Gasteiger partial charge in [0.25, 0.3) is 0 Å². The average molecular weight is 320 g/mol. The van der Waals surface area contributed by atoms with Crippen LogP contribution in [0.15, 0.2) is 26.6 Å². The summed E-state index contributed by atoms with van der Waals surface area (Å²) in [7, 11) is 0. The Kier molecular flexibility index (Phi) is 3.71. The lowest BCUT2D eigenvalue weighted by molar-refractivity contribution is -0.107. The summed E-state index contributed by atoms with van der Waals surface area (Å²) in [6, 6.07) is 3.93. The summed E-state index contributed by atoms with van der Waals surface area (Å²) in [6.45, 7) is 0. The third kappa shape index (κ3) is 2.75. The number of rotatable bonds is 1. The molecule has 1 aromatic rings. The molecule has 78 valence electrons. The average Bonchev–Trinajstić information content (AvgIpc) is 2.75. The van der Waals surface area contributed by atoms with Gasteiger partial charge >= 0.3 is 0 Å². The molecule has 0 atom stereocenters. The van der Waals surface area contributed by atoms with Crippen LogP contribution in [0.2, 0.25) is 0 Å². The second-order valence-electron chi connectivity index (χ2n) is 2.64. The van der Waals surface area contributed by atoms with Crippen molar-refractivity contribution in [3.63, 3.8) is 0 Å². The molecule has 15 heavy (non-hydrogen) atoms. The van der Waals surface area contributed by atoms with Crippen molar-refractivity contribution in [3.05, 3.63) is 26.5 Å². The van der Waals surface area contributed by atoms with Crippen LogP contribution >= 0.6 is 50.8 Å². The second-order valence-corrected chi connectivity index (χ2v) is 7.15. The largest absolute Gasteiger partial charge is 0.279 e. The summed E-state index contributed by atoms with van der Waals surface area (Å²) in [5.41, 5.74) is 0.540. The van der Waals surface area contributed by atoms with Gasteiger partial charge in [-0.15, -0.1) is 23.1 Å². The molecule has 1 aliphatic rings. The molecule has 2 nitrogen and oxygen atoms in total. The van der Waals surface area contributed by atoms with Gasteiger partial charge in [0.1, 0.15) is 10.1 Å². The van der Waals surface area contributed by atoms with Crippen molar-refractivity contribution >= 4 is 66.4 Å². The fourth-order valence-corrected chi connectivity index (χ4v) is 3.64. The van der Waals surface area contributed by atoms with E-state index in [9.17, 15) is 4.79 Å². The molecule has 1 aromatic heterocycles. The van der Waals surface area contributed by atoms with Crippen LogP contribution in [0.4, 0.5) is 0 Å². The van der Waals surface area contributed by atoms with E-state index in [1.165, 1.54) is 23.5 Å². The number of aliphatic imine (C=N–C) groups is 1. The summed E-state index contributed by atoms with van der Waals surface area (Å²) in [4.78, 5) is 16.8. The topological polar surface area (TPSA) is 29.4 Å². The fourth-order valence-electron chi connectivity index (χ4n) is 1.02. The normalized spacial score (nSPS) is 18.7. The van der Waals surface area contributed by atoms with E-state index in [0.717, 1.165) is 13.0 Å². The van der Waals surface area contributed by atoms with E-state index in [1.807, 2.05) is 24.5 Å². The maximum Gasteiger partial charge on any atom is 0.244 e. The van der Waals surface area contributed by atoms with Gasteiger partial charge in [-0.25, -0.2) is 4.99 Å². The van der Waals surface area contributed by atoms with Gasteiger partial charge in [0.15, 0.2) is 0 Å². The lowest BCUT2D eigenvalue weighted by Crippen LogP contribution is -1.86. The SMILES string of the molecule is CSC1=N/C(=C\c2ccc(Br)s2)C(=O)S1. The highest BCUT2D eigenvalue weighted by Gasteiger charge is 2.21. The molecule has 0 spiro atoms. The number of hydrogen-bond acceptors (Lipinski definition) is 5. The standard InChI is InChI=1S/C9H6BrNOS3/c1-13-9-11-6(8(12)15-9)4-5-2-3-7(10)14-5/h2-4H,1H3/b6-4-. The monoisotopic (exact) mass is 319 g/mol. The molecule has 0 fully saturated rings. The fraction of sp³-hybridized carbons (Fsp3) is 0.111. The van der Waals surface area contributed by atoms with Crippen LogP contribution in [0.25, 0.3) is 6.08 Å². The molecule has 0 saturated carbocycles. The molecule has 6 heteroatoms. The smallest absolute Gasteiger partial charge is 0.244 e. The molecule has 0 saturated heterocycles. The van der Waals surface area contributed by atoms with Crippen molar-refractivity contribution in [3.8, 4) is 0 Å². The molecule has 0 unspecified atom stereocenters. The third-order valence-corrected chi connectivity index (χ3v) is 5.07. The van der Waals surface area contributed by atoms with Gasteiger partial charge in [0, 0.05) is 4.88 Å². The van der Waals surface area contributed by atoms with Crippen molar-refractivity contribution in [1.82, 2.24) is 0 Å². The molecule has 0 amide bonds. The molecule has 0 aromatic carbocycles. The Hall–Kier alpha value is -0.0400. The van der Waals surface area contributed by atoms with Crippen molar-refractivity contribution < 1.29 is 4.79 Å². The summed E-state index contributed by atoms with van der Waals surface area (Å²) in [6.07, 6.45) is 3.75. The van der Waals surface area contributed by atoms with Gasteiger partial charge in [0.05, 0.1) is 3.79 Å². The predicted octanol–water partition coefficient (Wildman–Crippen LogP) is 3.84. The number of carbonyl (C=O) groups is 1. The summed E-state index contributed by atoms with van der Waals surface area (Å²) in [5, 5.41) is 0.0314. The quantitative estimate of drug-likeness (QED) is 0.736. The highest BCUT2D eigenvalue weighted by molar-refractivity contribution is 9.11. The van der Waals surface area contributed by atoms with E-state index in [4.69, 9.17) is 0 Å². The van der Waals surface area contributed by atoms with Crippen molar-refractivity contribution in [2.24, 2.45) is 4.99 Å². The molecule has 0 N–H and O–H groups in total. The predicted molar refractivity (Wildman–Crippen MR) is 73.5 cm³/mol. The molecule has 0 aliphatic carbocycles. The van der Waals surface area contributed by atoms with E-state index in [-0.39, 0.29) is 5.12 Å². The van der Waals surface area contributed by atoms with Crippen LogP contribution in [0.1, 0.15) is 4.88 Å². The highest BCUT2D eigenvalue weighted by atomic mass is 79.9. The Balaban J connectivity index is 2.27. The van der Waals surface area contributed by atoms with Gasteiger partial charge in [-0.1, -0.05) is 0 Å². The highest BCUT2D eigenvalue weighted by Crippen LogP contribution is 2.31. The van der Waals surface area contributed by atoms with Crippen molar-refractivity contribution in [2.45, 2.75) is 0 Å². The van der Waals surface area contributed by atoms with E-state index < -0.39 is 0 Å². The number of thioether (sulfide) groups is 2. The first kappa shape index (κ1) is 11.4. The number of halogens is 1. The molecular weight excluding hydrogens is 314 g/mol. The van der Waals surface area contributed by atoms with Gasteiger partial charge in [-0.3, -0.25) is 4.79 Å². The Morgan fingerprint density at radius 3 is 2.87 bits per heavy atom. The maximum absolute atomic E-state index is 11.5. The van der Waals surface area contributed by atoms with E-state index in [2.05, 4.69) is 20.9 Å². The first-order valence-electron chi connectivity index (χ1n) is 4.01. The van der Waals surface area contributed by atoms with Crippen LogP contribution in [0, 0.1) is 0 Å². The molecule has 2 rings (SSSR count). The Morgan fingerprint density at radius 1 is 1.53 bits per heavy atom. The summed E-state index contributed by atoms with van der Waals surface area (Å²) < 4.78 is 1.88. The third-order valence-electron chi connectivity index (χ3n) is 1.65. The van der Waals surface area contributed by atoms with Gasteiger partial charge < -0.3 is 0 Å². The summed E-state index contributed by atoms with van der Waals surface area (Å²) in [5.74, 6) is 0. The minimum atomic E-state index is 0.0314. The minimum absolute atomic E-state index is 0.0314. The zero-order chi connectivity index (χ0) is 10.8. The zero-order valence-corrected chi connectivity index (χ0v) is 11.7. The van der Waals surface area contributed by atoms with E-state index >= 15 is 0 Å². The Labute approximate surface area is 108 Å². The lowest BCUT2D eigenvalue weighted by Gasteiger charge is -1.87. The number of nitrogens with zero attached hydrogens (tertiary/aromatic N) is 1. The molecule has 0 bridgehead atoms. The first-order chi connectivity index (χ1) is 7.19. The van der Waals surface area contributed by atoms with Gasteiger partial charge in [0.2, 0.25) is 5.12 Å². The lowest BCUT2D eigenvalue weighted by atomic mass is 10.4. The molecule has 0 radical (unpaired) electrons. The Morgan fingerprint density at radius 2 is 2.33 bits per heavy atom. The number of hydrogen-bond donors (Lipinski definition) is 0. The Bertz CT molecular complexity index is 464. The molecular formula is C9H6BrNOS3. The first-order valence-corrected chi connectivity index (χ1v) is 7.66. The van der Waals surface area contributed by atoms with Crippen molar-refractivity contribution in [1.29, 1.82) is 0 Å². The van der Waals surface area contributed by atoms with Crippen molar-refractivity contribution in [2.75, 3.05) is 6.26 Å². The molecule has 2 heterocycles. The van der Waals surface area contributed by atoms with Crippen LogP contribution in [-0.2, 0) is 4.79 Å². The van der Waals surface area contributed by atoms with Crippen LogP contribution < -0.4 is 0 Å². The van der Waals surface area contributed by atoms with E-state index in [0.29, 0.717) is 5.70 Å². The van der Waals surface area contributed by atoms with Gasteiger partial charge in [-0.2, -0.15) is 0 Å². The minimum Gasteiger partial charge on any atom is -0.279 e.